The molecule has 2 fully saturated rings. The number of thiophene rings is 1. The highest BCUT2D eigenvalue weighted by molar-refractivity contribution is 7.14. The molecule has 5 atom stereocenters. The zero-order valence-electron chi connectivity index (χ0n) is 19.7. The number of aliphatic hydroxyl groups is 3. The van der Waals surface area contributed by atoms with Crippen LogP contribution in [0, 0.1) is 0 Å². The summed E-state index contributed by atoms with van der Waals surface area (Å²) in [5.41, 5.74) is 0.898. The fraction of sp³-hybridized carbons (Fsp3) is 0.560. The summed E-state index contributed by atoms with van der Waals surface area (Å²) in [4.78, 5) is 16.3. The van der Waals surface area contributed by atoms with Gasteiger partial charge in [-0.3, -0.25) is 4.79 Å². The second kappa shape index (κ2) is 10.2. The molecule has 1 aromatic carbocycles. The van der Waals surface area contributed by atoms with Gasteiger partial charge in [0.05, 0.1) is 17.6 Å². The van der Waals surface area contributed by atoms with Gasteiger partial charge in [0, 0.05) is 36.5 Å². The van der Waals surface area contributed by atoms with E-state index in [1.54, 1.807) is 27.0 Å². The molecular formula is C25H32ClNO6S. The summed E-state index contributed by atoms with van der Waals surface area (Å²) in [6.07, 6.45) is -1.99. The van der Waals surface area contributed by atoms with Crippen LogP contribution in [0.4, 0.5) is 0 Å². The number of carbonyl (C=O) groups excluding carboxylic acids is 1. The van der Waals surface area contributed by atoms with Gasteiger partial charge in [0.25, 0.3) is 5.91 Å². The monoisotopic (exact) mass is 509 g/mol. The van der Waals surface area contributed by atoms with Crippen molar-refractivity contribution in [1.82, 2.24) is 4.90 Å². The Balaban J connectivity index is 1.66. The number of carbonyl (C=O) groups is 1. The minimum Gasteiger partial charge on any atom is -0.388 e. The molecule has 1 aromatic heterocycles. The van der Waals surface area contributed by atoms with Crippen LogP contribution < -0.4 is 0 Å². The van der Waals surface area contributed by atoms with Crippen molar-refractivity contribution >= 4 is 28.8 Å². The van der Waals surface area contributed by atoms with Crippen LogP contribution in [-0.2, 0) is 28.1 Å². The van der Waals surface area contributed by atoms with Gasteiger partial charge in [0.2, 0.25) is 0 Å². The van der Waals surface area contributed by atoms with Gasteiger partial charge in [-0.05, 0) is 61.6 Å². The third kappa shape index (κ3) is 4.78. The molecule has 0 spiro atoms. The fourth-order valence-electron chi connectivity index (χ4n) is 4.92. The highest BCUT2D eigenvalue weighted by Crippen LogP contribution is 2.42. The largest absolute Gasteiger partial charge is 0.388 e. The molecule has 4 rings (SSSR count). The maximum atomic E-state index is 12.7. The fourth-order valence-corrected chi connectivity index (χ4v) is 6.17. The summed E-state index contributed by atoms with van der Waals surface area (Å²) >= 11 is 8.10. The van der Waals surface area contributed by atoms with Crippen molar-refractivity contribution in [1.29, 1.82) is 0 Å². The first-order valence-electron chi connectivity index (χ1n) is 11.6. The quantitative estimate of drug-likeness (QED) is 0.553. The van der Waals surface area contributed by atoms with Crippen LogP contribution in [0.15, 0.2) is 24.3 Å². The van der Waals surface area contributed by atoms with Gasteiger partial charge >= 0.3 is 0 Å². The third-order valence-electron chi connectivity index (χ3n) is 6.89. The number of likely N-dealkylation sites (tertiary alicyclic amines) is 1. The van der Waals surface area contributed by atoms with Gasteiger partial charge in [0.1, 0.15) is 23.9 Å². The Kier molecular flexibility index (Phi) is 7.69. The number of hydrogen-bond donors (Lipinski definition) is 3. The molecule has 186 valence electrons. The van der Waals surface area contributed by atoms with Gasteiger partial charge in [-0.1, -0.05) is 17.7 Å². The molecule has 3 heterocycles. The molecule has 0 saturated carbocycles. The molecule has 0 radical (unpaired) electrons. The highest BCUT2D eigenvalue weighted by atomic mass is 35.5. The van der Waals surface area contributed by atoms with Crippen LogP contribution in [0.3, 0.4) is 0 Å². The molecule has 0 aliphatic carbocycles. The van der Waals surface area contributed by atoms with Gasteiger partial charge < -0.3 is 29.7 Å². The smallest absolute Gasteiger partial charge is 0.263 e. The summed E-state index contributed by atoms with van der Waals surface area (Å²) in [6, 6.07) is 7.48. The molecular weight excluding hydrogens is 478 g/mol. The molecule has 2 aliphatic rings. The Labute approximate surface area is 208 Å². The summed E-state index contributed by atoms with van der Waals surface area (Å²) in [5, 5.41) is 32.1. The highest BCUT2D eigenvalue weighted by Gasteiger charge is 2.51. The molecule has 34 heavy (non-hydrogen) atoms. The lowest BCUT2D eigenvalue weighted by Crippen LogP contribution is -2.61. The lowest BCUT2D eigenvalue weighted by Gasteiger charge is -2.47. The molecule has 0 bridgehead atoms. The van der Waals surface area contributed by atoms with E-state index in [1.807, 2.05) is 23.1 Å². The van der Waals surface area contributed by atoms with E-state index in [0.717, 1.165) is 41.9 Å². The second-order valence-electron chi connectivity index (χ2n) is 9.33. The molecule has 9 heteroatoms. The minimum absolute atomic E-state index is 0.0729. The predicted molar refractivity (Wildman–Crippen MR) is 130 cm³/mol. The molecule has 7 nitrogen and oxygen atoms in total. The first-order valence-corrected chi connectivity index (χ1v) is 12.8. The van der Waals surface area contributed by atoms with Crippen molar-refractivity contribution < 1.29 is 29.6 Å². The Morgan fingerprint density at radius 1 is 1.21 bits per heavy atom. The number of nitrogens with zero attached hydrogens (tertiary/aromatic N) is 1. The summed E-state index contributed by atoms with van der Waals surface area (Å²) < 4.78 is 11.4. The van der Waals surface area contributed by atoms with Crippen LogP contribution in [0.2, 0.25) is 5.02 Å². The Hall–Kier alpha value is -1.52. The van der Waals surface area contributed by atoms with E-state index in [4.69, 9.17) is 21.1 Å². The lowest BCUT2D eigenvalue weighted by atomic mass is 9.79. The second-order valence-corrected chi connectivity index (χ2v) is 10.9. The molecule has 3 N–H and O–H groups in total. The normalized spacial score (nSPS) is 29.6. The van der Waals surface area contributed by atoms with Crippen LogP contribution in [0.1, 0.15) is 57.9 Å². The van der Waals surface area contributed by atoms with Crippen molar-refractivity contribution in [3.05, 3.63) is 55.7 Å². The summed E-state index contributed by atoms with van der Waals surface area (Å²) in [6.45, 7) is 5.22. The van der Waals surface area contributed by atoms with E-state index in [0.29, 0.717) is 21.9 Å². The van der Waals surface area contributed by atoms with Gasteiger partial charge in [-0.2, -0.15) is 0 Å². The number of methoxy groups -OCH3 is 1. The van der Waals surface area contributed by atoms with Crippen LogP contribution in [0.25, 0.3) is 0 Å². The van der Waals surface area contributed by atoms with E-state index in [-0.39, 0.29) is 12.5 Å². The van der Waals surface area contributed by atoms with E-state index < -0.39 is 30.0 Å². The van der Waals surface area contributed by atoms with Crippen molar-refractivity contribution in [2.45, 2.75) is 69.7 Å². The molecule has 2 aliphatic heterocycles. The van der Waals surface area contributed by atoms with Gasteiger partial charge in [-0.15, -0.1) is 11.3 Å². The van der Waals surface area contributed by atoms with Crippen LogP contribution >= 0.6 is 22.9 Å². The number of rotatable bonds is 6. The van der Waals surface area contributed by atoms with Gasteiger partial charge in [-0.25, -0.2) is 0 Å². The average molecular weight is 510 g/mol. The Morgan fingerprint density at radius 2 is 1.91 bits per heavy atom. The summed E-state index contributed by atoms with van der Waals surface area (Å²) in [5.74, 6) is 0.0729. The Morgan fingerprint density at radius 3 is 2.59 bits per heavy atom. The van der Waals surface area contributed by atoms with Crippen molar-refractivity contribution in [2.75, 3.05) is 20.2 Å². The topological polar surface area (TPSA) is 99.5 Å². The molecule has 0 unspecified atom stereocenters. The molecule has 2 saturated heterocycles. The predicted octanol–water partition coefficient (Wildman–Crippen LogP) is 3.09. The van der Waals surface area contributed by atoms with Crippen molar-refractivity contribution in [3.8, 4) is 0 Å². The van der Waals surface area contributed by atoms with Gasteiger partial charge in [0.15, 0.2) is 0 Å². The van der Waals surface area contributed by atoms with E-state index >= 15 is 0 Å². The number of halogens is 1. The average Bonchev–Trinajstić information content (AvgIpc) is 3.50. The zero-order chi connectivity index (χ0) is 24.6. The van der Waals surface area contributed by atoms with E-state index in [1.165, 1.54) is 11.3 Å². The minimum atomic E-state index is -1.36. The van der Waals surface area contributed by atoms with Crippen molar-refractivity contribution in [3.63, 3.8) is 0 Å². The first-order chi connectivity index (χ1) is 16.2. The maximum Gasteiger partial charge on any atom is 0.263 e. The molecule has 1 amide bonds. The lowest BCUT2D eigenvalue weighted by molar-refractivity contribution is -0.263. The molecule has 2 aromatic rings. The number of ether oxygens (including phenoxy) is 2. The summed E-state index contributed by atoms with van der Waals surface area (Å²) in [7, 11) is 1.57. The standard InChI is InChI=1S/C25H32ClNO6S/c1-14-21(28)22(29)23(30)25(2,33-14)18-11-15(19(26)12-16(18)13-32-3)10-17-6-7-20(34-17)24(31)27-8-4-5-9-27/h6-7,11-12,14,21-23,28-30H,4-5,8-10,13H2,1-3H3/t14-,21-,22+,23-,25+/m1/s1. The van der Waals surface area contributed by atoms with E-state index in [9.17, 15) is 20.1 Å². The zero-order valence-corrected chi connectivity index (χ0v) is 21.2. The van der Waals surface area contributed by atoms with Crippen molar-refractivity contribution in [2.24, 2.45) is 0 Å². The number of hydrogen-bond acceptors (Lipinski definition) is 7. The maximum absolute atomic E-state index is 12.7. The SMILES string of the molecule is COCc1cc(Cl)c(Cc2ccc(C(=O)N3CCCC3)s2)cc1[C@]1(C)O[C@H](C)[C@@H](O)[C@H](O)[C@H]1O. The Bertz CT molecular complexity index is 1040. The third-order valence-corrected chi connectivity index (χ3v) is 8.31. The van der Waals surface area contributed by atoms with Crippen LogP contribution in [-0.4, -0.2) is 70.7 Å². The van der Waals surface area contributed by atoms with Crippen LogP contribution in [0.5, 0.6) is 0 Å². The van der Waals surface area contributed by atoms with E-state index in [2.05, 4.69) is 0 Å². The number of amides is 1. The first kappa shape index (κ1) is 25.6. The number of aliphatic hydroxyl groups excluding tert-OH is 3. The number of benzene rings is 1.